The second-order valence-corrected chi connectivity index (χ2v) is 8.57. The highest BCUT2D eigenvalue weighted by Gasteiger charge is 2.19. The van der Waals surface area contributed by atoms with Gasteiger partial charge in [-0.2, -0.15) is 0 Å². The van der Waals surface area contributed by atoms with Gasteiger partial charge in [0.25, 0.3) is 0 Å². The fourth-order valence-corrected chi connectivity index (χ4v) is 2.94. The van der Waals surface area contributed by atoms with E-state index in [1.165, 1.54) is 0 Å². The van der Waals surface area contributed by atoms with Gasteiger partial charge in [-0.25, -0.2) is 13.2 Å². The molecule has 2 N–H and O–H groups in total. The quantitative estimate of drug-likeness (QED) is 0.830. The lowest BCUT2D eigenvalue weighted by Crippen LogP contribution is -2.38. The van der Waals surface area contributed by atoms with Gasteiger partial charge in [-0.3, -0.25) is 0 Å². The van der Waals surface area contributed by atoms with Gasteiger partial charge in [0.05, 0.1) is 16.3 Å². The molecule has 0 bridgehead atoms. The van der Waals surface area contributed by atoms with Crippen LogP contribution in [0, 0.1) is 0 Å². The smallest absolute Gasteiger partial charge is 0.407 e. The number of ether oxygens (including phenoxy) is 1. The lowest BCUT2D eigenvalue weighted by Gasteiger charge is -2.22. The monoisotopic (exact) mass is 342 g/mol. The van der Waals surface area contributed by atoms with Crippen LogP contribution in [0.2, 0.25) is 0 Å². The fourth-order valence-electron chi connectivity index (χ4n) is 1.88. The number of para-hydroxylation sites is 1. The third kappa shape index (κ3) is 6.48. The molecule has 1 atom stereocenters. The largest absolute Gasteiger partial charge is 0.444 e. The first-order valence-electron chi connectivity index (χ1n) is 7.60. The van der Waals surface area contributed by atoms with Crippen molar-refractivity contribution >= 4 is 21.6 Å². The standard InChI is InChI=1S/C16H26N2O4S/c1-6-23(20,21)14-10-8-7-9-13(14)18-12(2)11-17-15(19)22-16(3,4)5/h7-10,12,18H,6,11H2,1-5H3,(H,17,19). The average Bonchev–Trinajstić information content (AvgIpc) is 2.44. The minimum absolute atomic E-state index is 0.0379. The van der Waals surface area contributed by atoms with Gasteiger partial charge >= 0.3 is 6.09 Å². The Balaban J connectivity index is 2.69. The lowest BCUT2D eigenvalue weighted by molar-refractivity contribution is 0.0526. The number of amides is 1. The first kappa shape index (κ1) is 19.3. The first-order chi connectivity index (χ1) is 10.5. The van der Waals surface area contributed by atoms with Gasteiger partial charge < -0.3 is 15.4 Å². The minimum Gasteiger partial charge on any atom is -0.444 e. The van der Waals surface area contributed by atoms with E-state index in [1.807, 2.05) is 6.92 Å². The minimum atomic E-state index is -3.30. The zero-order valence-corrected chi connectivity index (χ0v) is 15.2. The second kappa shape index (κ2) is 7.68. The van der Waals surface area contributed by atoms with Crippen molar-refractivity contribution in [1.29, 1.82) is 0 Å². The van der Waals surface area contributed by atoms with E-state index in [1.54, 1.807) is 52.0 Å². The zero-order valence-electron chi connectivity index (χ0n) is 14.3. The summed E-state index contributed by atoms with van der Waals surface area (Å²) in [5, 5.41) is 5.78. The summed E-state index contributed by atoms with van der Waals surface area (Å²) in [6.45, 7) is 9.15. The molecule has 0 saturated heterocycles. The number of nitrogens with one attached hydrogen (secondary N) is 2. The summed E-state index contributed by atoms with van der Waals surface area (Å²) in [4.78, 5) is 11.9. The van der Waals surface area contributed by atoms with Gasteiger partial charge in [0.15, 0.2) is 9.84 Å². The number of carbonyl (C=O) groups excluding carboxylic acids is 1. The molecule has 0 saturated carbocycles. The fraction of sp³-hybridized carbons (Fsp3) is 0.562. The molecule has 0 heterocycles. The topological polar surface area (TPSA) is 84.5 Å². The molecule has 7 heteroatoms. The number of hydrogen-bond donors (Lipinski definition) is 2. The Hall–Kier alpha value is -1.76. The number of benzene rings is 1. The Morgan fingerprint density at radius 3 is 2.43 bits per heavy atom. The molecule has 0 radical (unpaired) electrons. The maximum Gasteiger partial charge on any atom is 0.407 e. The van der Waals surface area contributed by atoms with E-state index in [2.05, 4.69) is 10.6 Å². The van der Waals surface area contributed by atoms with Crippen LogP contribution < -0.4 is 10.6 Å². The van der Waals surface area contributed by atoms with E-state index in [9.17, 15) is 13.2 Å². The zero-order chi connectivity index (χ0) is 17.7. The van der Waals surface area contributed by atoms with Crippen molar-refractivity contribution in [3.8, 4) is 0 Å². The van der Waals surface area contributed by atoms with Crippen molar-refractivity contribution in [2.24, 2.45) is 0 Å². The molecule has 1 aromatic rings. The van der Waals surface area contributed by atoms with Crippen molar-refractivity contribution in [2.75, 3.05) is 17.6 Å². The molecule has 0 aromatic heterocycles. The van der Waals surface area contributed by atoms with Gasteiger partial charge in [0.2, 0.25) is 0 Å². The van der Waals surface area contributed by atoms with Crippen molar-refractivity contribution in [3.63, 3.8) is 0 Å². The Morgan fingerprint density at radius 2 is 1.87 bits per heavy atom. The van der Waals surface area contributed by atoms with E-state index >= 15 is 0 Å². The van der Waals surface area contributed by atoms with Gasteiger partial charge in [0, 0.05) is 12.6 Å². The molecule has 0 aliphatic carbocycles. The van der Waals surface area contributed by atoms with E-state index in [4.69, 9.17) is 4.74 Å². The lowest BCUT2D eigenvalue weighted by atomic mass is 10.2. The average molecular weight is 342 g/mol. The maximum absolute atomic E-state index is 12.1. The van der Waals surface area contributed by atoms with Crippen molar-refractivity contribution in [3.05, 3.63) is 24.3 Å². The Labute approximate surface area is 138 Å². The van der Waals surface area contributed by atoms with Crippen LogP contribution >= 0.6 is 0 Å². The summed E-state index contributed by atoms with van der Waals surface area (Å²) < 4.78 is 29.4. The summed E-state index contributed by atoms with van der Waals surface area (Å²) >= 11 is 0. The first-order valence-corrected chi connectivity index (χ1v) is 9.25. The van der Waals surface area contributed by atoms with Crippen LogP contribution in [-0.2, 0) is 14.6 Å². The van der Waals surface area contributed by atoms with Crippen LogP contribution in [0.3, 0.4) is 0 Å². The van der Waals surface area contributed by atoms with Crippen molar-refractivity contribution in [2.45, 2.75) is 51.2 Å². The van der Waals surface area contributed by atoms with E-state index in [0.717, 1.165) is 0 Å². The Morgan fingerprint density at radius 1 is 1.26 bits per heavy atom. The molecule has 1 rings (SSSR count). The maximum atomic E-state index is 12.1. The molecule has 0 aliphatic rings. The van der Waals surface area contributed by atoms with Crippen LogP contribution in [0.15, 0.2) is 29.2 Å². The van der Waals surface area contributed by atoms with Gasteiger partial charge in [0.1, 0.15) is 5.60 Å². The third-order valence-electron chi connectivity index (χ3n) is 2.96. The van der Waals surface area contributed by atoms with Crippen LogP contribution in [0.5, 0.6) is 0 Å². The van der Waals surface area contributed by atoms with E-state index in [-0.39, 0.29) is 16.7 Å². The summed E-state index contributed by atoms with van der Waals surface area (Å²) in [6, 6.07) is 6.60. The van der Waals surface area contributed by atoms with Crippen LogP contribution in [-0.4, -0.2) is 38.5 Å². The number of hydrogen-bond acceptors (Lipinski definition) is 5. The number of rotatable bonds is 6. The SMILES string of the molecule is CCS(=O)(=O)c1ccccc1NC(C)CNC(=O)OC(C)(C)C. The predicted octanol–water partition coefficient (Wildman–Crippen LogP) is 2.81. The molecule has 130 valence electrons. The molecule has 0 spiro atoms. The van der Waals surface area contributed by atoms with Crippen LogP contribution in [0.25, 0.3) is 0 Å². The highest BCUT2D eigenvalue weighted by molar-refractivity contribution is 7.91. The molecular formula is C16H26N2O4S. The highest BCUT2D eigenvalue weighted by atomic mass is 32.2. The van der Waals surface area contributed by atoms with Crippen LogP contribution in [0.4, 0.5) is 10.5 Å². The Bertz CT molecular complexity index is 636. The molecule has 1 unspecified atom stereocenters. The summed E-state index contributed by atoms with van der Waals surface area (Å²) in [7, 11) is -3.30. The summed E-state index contributed by atoms with van der Waals surface area (Å²) in [5.74, 6) is 0.0379. The van der Waals surface area contributed by atoms with Crippen molar-refractivity contribution in [1.82, 2.24) is 5.32 Å². The number of anilines is 1. The predicted molar refractivity (Wildman–Crippen MR) is 91.5 cm³/mol. The normalized spacial score (nSPS) is 13.3. The molecular weight excluding hydrogens is 316 g/mol. The number of sulfone groups is 1. The molecule has 6 nitrogen and oxygen atoms in total. The van der Waals surface area contributed by atoms with Crippen molar-refractivity contribution < 1.29 is 17.9 Å². The highest BCUT2D eigenvalue weighted by Crippen LogP contribution is 2.22. The molecule has 1 amide bonds. The number of carbonyl (C=O) groups is 1. The number of alkyl carbamates (subject to hydrolysis) is 1. The van der Waals surface area contributed by atoms with Gasteiger partial charge in [-0.15, -0.1) is 0 Å². The molecule has 0 fully saturated rings. The second-order valence-electron chi connectivity index (χ2n) is 6.33. The molecule has 1 aromatic carbocycles. The van der Waals surface area contributed by atoms with Gasteiger partial charge in [-0.05, 0) is 39.8 Å². The van der Waals surface area contributed by atoms with Gasteiger partial charge in [-0.1, -0.05) is 19.1 Å². The summed E-state index contributed by atoms with van der Waals surface area (Å²) in [6.07, 6.45) is -0.499. The third-order valence-corrected chi connectivity index (χ3v) is 4.74. The Kier molecular flexibility index (Phi) is 6.44. The molecule has 23 heavy (non-hydrogen) atoms. The molecule has 0 aliphatic heterocycles. The van der Waals surface area contributed by atoms with Crippen LogP contribution in [0.1, 0.15) is 34.6 Å². The van der Waals surface area contributed by atoms with E-state index < -0.39 is 21.5 Å². The summed E-state index contributed by atoms with van der Waals surface area (Å²) in [5.41, 5.74) is -0.0180. The van der Waals surface area contributed by atoms with E-state index in [0.29, 0.717) is 12.2 Å².